The van der Waals surface area contributed by atoms with Crippen molar-refractivity contribution in [2.24, 2.45) is 0 Å². The zero-order chi connectivity index (χ0) is 12.3. The molecule has 2 rings (SSSR count). The molecule has 0 saturated carbocycles. The smallest absolute Gasteiger partial charge is 0.119 e. The quantitative estimate of drug-likeness (QED) is 0.860. The molecule has 2 heteroatoms. The second-order valence-corrected chi connectivity index (χ2v) is 5.29. The molecule has 0 amide bonds. The summed E-state index contributed by atoms with van der Waals surface area (Å²) in [5.41, 5.74) is 1.38. The van der Waals surface area contributed by atoms with Crippen LogP contribution in [0.1, 0.15) is 51.6 Å². The van der Waals surface area contributed by atoms with Gasteiger partial charge in [-0.2, -0.15) is 0 Å². The van der Waals surface area contributed by atoms with E-state index < -0.39 is 0 Å². The van der Waals surface area contributed by atoms with Gasteiger partial charge < -0.3 is 10.1 Å². The molecule has 1 heterocycles. The van der Waals surface area contributed by atoms with Crippen molar-refractivity contribution in [1.29, 1.82) is 0 Å². The fourth-order valence-corrected chi connectivity index (χ4v) is 2.45. The summed E-state index contributed by atoms with van der Waals surface area (Å²) in [5, 5.41) is 3.65. The van der Waals surface area contributed by atoms with Crippen molar-refractivity contribution >= 4 is 0 Å². The van der Waals surface area contributed by atoms with Crippen LogP contribution >= 0.6 is 0 Å². The van der Waals surface area contributed by atoms with Crippen molar-refractivity contribution in [3.05, 3.63) is 29.8 Å². The van der Waals surface area contributed by atoms with Gasteiger partial charge in [0.15, 0.2) is 0 Å². The predicted octanol–water partition coefficient (Wildman–Crippen LogP) is 3.68. The maximum Gasteiger partial charge on any atom is 0.119 e. The Morgan fingerprint density at radius 2 is 1.88 bits per heavy atom. The molecule has 1 aromatic carbocycles. The minimum absolute atomic E-state index is 0.244. The van der Waals surface area contributed by atoms with Crippen LogP contribution in [0.15, 0.2) is 24.3 Å². The van der Waals surface area contributed by atoms with Gasteiger partial charge in [-0.15, -0.1) is 0 Å². The first-order valence-corrected chi connectivity index (χ1v) is 6.68. The van der Waals surface area contributed by atoms with E-state index in [0.29, 0.717) is 12.1 Å². The number of ether oxygens (including phenoxy) is 1. The first-order chi connectivity index (χ1) is 8.15. The molecule has 0 bridgehead atoms. The predicted molar refractivity (Wildman–Crippen MR) is 71.4 cm³/mol. The molecular weight excluding hydrogens is 210 g/mol. The fraction of sp³-hybridized carbons (Fsp3) is 0.600. The van der Waals surface area contributed by atoms with E-state index in [2.05, 4.69) is 50.4 Å². The first kappa shape index (κ1) is 12.4. The van der Waals surface area contributed by atoms with E-state index >= 15 is 0 Å². The number of hydrogen-bond donors (Lipinski definition) is 1. The molecule has 94 valence electrons. The zero-order valence-electron chi connectivity index (χ0n) is 11.1. The van der Waals surface area contributed by atoms with Crippen LogP contribution in [-0.4, -0.2) is 12.1 Å². The van der Waals surface area contributed by atoms with Gasteiger partial charge in [0.2, 0.25) is 0 Å². The van der Waals surface area contributed by atoms with Crippen molar-refractivity contribution in [3.63, 3.8) is 0 Å². The molecule has 1 aromatic rings. The summed E-state index contributed by atoms with van der Waals surface area (Å²) in [6.07, 6.45) is 4.11. The molecule has 1 saturated heterocycles. The largest absolute Gasteiger partial charge is 0.491 e. The summed E-state index contributed by atoms with van der Waals surface area (Å²) in [7, 11) is 0. The molecule has 2 unspecified atom stereocenters. The molecule has 1 aliphatic heterocycles. The number of nitrogens with one attached hydrogen (secondary N) is 1. The Labute approximate surface area is 104 Å². The Morgan fingerprint density at radius 3 is 2.47 bits per heavy atom. The van der Waals surface area contributed by atoms with Gasteiger partial charge in [-0.25, -0.2) is 0 Å². The fourth-order valence-electron chi connectivity index (χ4n) is 2.45. The standard InChI is InChI=1S/C15H23NO/c1-11(2)17-14-9-7-13(8-10-14)15-6-4-5-12(3)16-15/h7-12,15-16H,4-6H2,1-3H3. The SMILES string of the molecule is CC1CCCC(c2ccc(OC(C)C)cc2)N1. The summed E-state index contributed by atoms with van der Waals surface area (Å²) in [6.45, 7) is 6.37. The van der Waals surface area contributed by atoms with Gasteiger partial charge in [0.1, 0.15) is 5.75 Å². The van der Waals surface area contributed by atoms with Crippen LogP contribution in [0.3, 0.4) is 0 Å². The second kappa shape index (κ2) is 5.54. The molecule has 0 aromatic heterocycles. The lowest BCUT2D eigenvalue weighted by atomic mass is 9.94. The normalized spacial score (nSPS) is 24.9. The van der Waals surface area contributed by atoms with Gasteiger partial charge >= 0.3 is 0 Å². The number of benzene rings is 1. The van der Waals surface area contributed by atoms with Gasteiger partial charge in [0.05, 0.1) is 6.10 Å². The number of hydrogen-bond acceptors (Lipinski definition) is 2. The van der Waals surface area contributed by atoms with Crippen LogP contribution in [0.5, 0.6) is 5.75 Å². The Balaban J connectivity index is 2.01. The van der Waals surface area contributed by atoms with Crippen LogP contribution in [0.2, 0.25) is 0 Å². The van der Waals surface area contributed by atoms with E-state index in [1.807, 2.05) is 0 Å². The van der Waals surface area contributed by atoms with E-state index in [0.717, 1.165) is 5.75 Å². The van der Waals surface area contributed by atoms with E-state index in [-0.39, 0.29) is 6.10 Å². The van der Waals surface area contributed by atoms with Crippen molar-refractivity contribution in [3.8, 4) is 5.75 Å². The summed E-state index contributed by atoms with van der Waals surface area (Å²) in [6, 6.07) is 9.69. The Bertz CT molecular complexity index is 344. The lowest BCUT2D eigenvalue weighted by Crippen LogP contribution is -2.34. The van der Waals surface area contributed by atoms with Gasteiger partial charge in [-0.1, -0.05) is 18.6 Å². The minimum atomic E-state index is 0.244. The molecule has 2 nitrogen and oxygen atoms in total. The summed E-state index contributed by atoms with van der Waals surface area (Å²) in [4.78, 5) is 0. The highest BCUT2D eigenvalue weighted by Gasteiger charge is 2.18. The van der Waals surface area contributed by atoms with Gasteiger partial charge in [0.25, 0.3) is 0 Å². The van der Waals surface area contributed by atoms with Crippen molar-refractivity contribution < 1.29 is 4.74 Å². The molecular formula is C15H23NO. The molecule has 1 fully saturated rings. The summed E-state index contributed by atoms with van der Waals surface area (Å²) < 4.78 is 5.66. The Kier molecular flexibility index (Phi) is 4.06. The average molecular weight is 233 g/mol. The molecule has 0 spiro atoms. The summed E-state index contributed by atoms with van der Waals surface area (Å²) in [5.74, 6) is 0.965. The minimum Gasteiger partial charge on any atom is -0.491 e. The van der Waals surface area contributed by atoms with Crippen molar-refractivity contribution in [2.75, 3.05) is 0 Å². The topological polar surface area (TPSA) is 21.3 Å². The van der Waals surface area contributed by atoms with Gasteiger partial charge in [-0.3, -0.25) is 0 Å². The van der Waals surface area contributed by atoms with Crippen LogP contribution in [-0.2, 0) is 0 Å². The highest BCUT2D eigenvalue weighted by atomic mass is 16.5. The van der Waals surface area contributed by atoms with E-state index in [9.17, 15) is 0 Å². The van der Waals surface area contributed by atoms with E-state index in [1.165, 1.54) is 24.8 Å². The van der Waals surface area contributed by atoms with Crippen molar-refractivity contribution in [1.82, 2.24) is 5.32 Å². The van der Waals surface area contributed by atoms with Crippen LogP contribution in [0.4, 0.5) is 0 Å². The maximum absolute atomic E-state index is 5.66. The molecule has 17 heavy (non-hydrogen) atoms. The monoisotopic (exact) mass is 233 g/mol. The van der Waals surface area contributed by atoms with Gasteiger partial charge in [0, 0.05) is 12.1 Å². The third-order valence-corrected chi connectivity index (χ3v) is 3.27. The Hall–Kier alpha value is -1.02. The molecule has 0 aliphatic carbocycles. The zero-order valence-corrected chi connectivity index (χ0v) is 11.1. The highest BCUT2D eigenvalue weighted by molar-refractivity contribution is 5.29. The number of rotatable bonds is 3. The molecule has 0 radical (unpaired) electrons. The lowest BCUT2D eigenvalue weighted by Gasteiger charge is -2.29. The highest BCUT2D eigenvalue weighted by Crippen LogP contribution is 2.26. The molecule has 1 aliphatic rings. The van der Waals surface area contributed by atoms with Crippen LogP contribution in [0.25, 0.3) is 0 Å². The summed E-state index contributed by atoms with van der Waals surface area (Å²) >= 11 is 0. The molecule has 2 atom stereocenters. The lowest BCUT2D eigenvalue weighted by molar-refractivity contribution is 0.242. The third kappa shape index (κ3) is 3.47. The van der Waals surface area contributed by atoms with E-state index in [1.54, 1.807) is 0 Å². The van der Waals surface area contributed by atoms with Crippen LogP contribution < -0.4 is 10.1 Å². The third-order valence-electron chi connectivity index (χ3n) is 3.27. The second-order valence-electron chi connectivity index (χ2n) is 5.29. The average Bonchev–Trinajstić information content (AvgIpc) is 2.29. The van der Waals surface area contributed by atoms with Crippen molar-refractivity contribution in [2.45, 2.75) is 58.2 Å². The molecule has 1 N–H and O–H groups in total. The number of piperidine rings is 1. The van der Waals surface area contributed by atoms with Gasteiger partial charge in [-0.05, 0) is 51.3 Å². The maximum atomic E-state index is 5.66. The van der Waals surface area contributed by atoms with E-state index in [4.69, 9.17) is 4.74 Å². The van der Waals surface area contributed by atoms with Crippen LogP contribution in [0, 0.1) is 0 Å². The first-order valence-electron chi connectivity index (χ1n) is 6.68. The Morgan fingerprint density at radius 1 is 1.18 bits per heavy atom.